The van der Waals surface area contributed by atoms with Crippen LogP contribution in [0.2, 0.25) is 0 Å². The third-order valence-electron chi connectivity index (χ3n) is 5.25. The van der Waals surface area contributed by atoms with E-state index in [9.17, 15) is 13.2 Å². The predicted molar refractivity (Wildman–Crippen MR) is 89.5 cm³/mol. The molecule has 1 aromatic rings. The molecule has 0 saturated heterocycles. The molecule has 126 valence electrons. The van der Waals surface area contributed by atoms with Gasteiger partial charge in [0.05, 0.1) is 4.90 Å². The minimum atomic E-state index is -3.43. The zero-order valence-corrected chi connectivity index (χ0v) is 14.5. The lowest BCUT2D eigenvalue weighted by Crippen LogP contribution is -2.22. The largest absolute Gasteiger partial charge is 0.326 e. The summed E-state index contributed by atoms with van der Waals surface area (Å²) in [5.41, 5.74) is 0.649. The van der Waals surface area contributed by atoms with Crippen LogP contribution in [-0.4, -0.2) is 32.7 Å². The molecule has 2 aliphatic rings. The topological polar surface area (TPSA) is 66.5 Å². The highest BCUT2D eigenvalue weighted by atomic mass is 32.2. The van der Waals surface area contributed by atoms with Gasteiger partial charge in [-0.25, -0.2) is 12.7 Å². The first-order chi connectivity index (χ1) is 10.9. The SMILES string of the molecule is CN(C)S(=O)(=O)c1ccc(NC(=O)CC2CC3CCC2C3)cc1. The van der Waals surface area contributed by atoms with Gasteiger partial charge < -0.3 is 5.32 Å². The summed E-state index contributed by atoms with van der Waals surface area (Å²) in [7, 11) is -0.425. The summed E-state index contributed by atoms with van der Waals surface area (Å²) in [5, 5.41) is 2.89. The van der Waals surface area contributed by atoms with Crippen LogP contribution in [0.3, 0.4) is 0 Å². The number of benzene rings is 1. The van der Waals surface area contributed by atoms with Crippen LogP contribution >= 0.6 is 0 Å². The van der Waals surface area contributed by atoms with Crippen molar-refractivity contribution < 1.29 is 13.2 Å². The second-order valence-corrected chi connectivity index (χ2v) is 9.15. The third-order valence-corrected chi connectivity index (χ3v) is 7.08. The lowest BCUT2D eigenvalue weighted by molar-refractivity contribution is -0.117. The number of rotatable bonds is 5. The highest BCUT2D eigenvalue weighted by Crippen LogP contribution is 2.49. The minimum absolute atomic E-state index is 0.0331. The van der Waals surface area contributed by atoms with Gasteiger partial charge in [0.25, 0.3) is 0 Å². The number of amides is 1. The third kappa shape index (κ3) is 3.43. The number of anilines is 1. The van der Waals surface area contributed by atoms with E-state index < -0.39 is 10.0 Å². The van der Waals surface area contributed by atoms with E-state index in [1.807, 2.05) is 0 Å². The van der Waals surface area contributed by atoms with Crippen LogP contribution in [0.1, 0.15) is 32.1 Å². The van der Waals surface area contributed by atoms with Crippen LogP contribution in [0.5, 0.6) is 0 Å². The summed E-state index contributed by atoms with van der Waals surface area (Å²) < 4.78 is 25.2. The maximum atomic E-state index is 12.2. The number of nitrogens with zero attached hydrogens (tertiary/aromatic N) is 1. The second kappa shape index (κ2) is 6.24. The Morgan fingerprint density at radius 2 is 1.87 bits per heavy atom. The number of hydrogen-bond donors (Lipinski definition) is 1. The quantitative estimate of drug-likeness (QED) is 0.899. The molecule has 23 heavy (non-hydrogen) atoms. The molecule has 0 aliphatic heterocycles. The van der Waals surface area contributed by atoms with Crippen LogP contribution in [-0.2, 0) is 14.8 Å². The van der Waals surface area contributed by atoms with Gasteiger partial charge in [0, 0.05) is 26.2 Å². The van der Waals surface area contributed by atoms with Crippen molar-refractivity contribution in [3.63, 3.8) is 0 Å². The zero-order chi connectivity index (χ0) is 16.6. The van der Waals surface area contributed by atoms with Gasteiger partial charge in [0.2, 0.25) is 15.9 Å². The van der Waals surface area contributed by atoms with Gasteiger partial charge in [-0.3, -0.25) is 4.79 Å². The molecule has 2 bridgehead atoms. The number of nitrogens with one attached hydrogen (secondary N) is 1. The Morgan fingerprint density at radius 3 is 2.39 bits per heavy atom. The van der Waals surface area contributed by atoms with E-state index in [-0.39, 0.29) is 10.8 Å². The van der Waals surface area contributed by atoms with E-state index in [1.54, 1.807) is 12.1 Å². The van der Waals surface area contributed by atoms with Crippen molar-refractivity contribution >= 4 is 21.6 Å². The molecule has 5 nitrogen and oxygen atoms in total. The van der Waals surface area contributed by atoms with Crippen molar-refractivity contribution in [2.45, 2.75) is 37.0 Å². The van der Waals surface area contributed by atoms with Crippen LogP contribution in [0, 0.1) is 17.8 Å². The number of carbonyl (C=O) groups is 1. The summed E-state index contributed by atoms with van der Waals surface area (Å²) >= 11 is 0. The molecule has 3 rings (SSSR count). The van der Waals surface area contributed by atoms with Gasteiger partial charge >= 0.3 is 0 Å². The Morgan fingerprint density at radius 1 is 1.17 bits per heavy atom. The summed E-state index contributed by atoms with van der Waals surface area (Å²) in [4.78, 5) is 12.4. The fourth-order valence-electron chi connectivity index (χ4n) is 4.00. The molecule has 1 aromatic carbocycles. The smallest absolute Gasteiger partial charge is 0.242 e. The molecule has 2 fully saturated rings. The fraction of sp³-hybridized carbons (Fsp3) is 0.588. The molecule has 1 N–H and O–H groups in total. The van der Waals surface area contributed by atoms with Gasteiger partial charge in [-0.2, -0.15) is 0 Å². The van der Waals surface area contributed by atoms with E-state index in [0.29, 0.717) is 18.0 Å². The van der Waals surface area contributed by atoms with Crippen LogP contribution in [0.4, 0.5) is 5.69 Å². The van der Waals surface area contributed by atoms with Crippen LogP contribution < -0.4 is 5.32 Å². The normalized spacial score (nSPS) is 26.7. The molecule has 1 amide bonds. The van der Waals surface area contributed by atoms with E-state index in [2.05, 4.69) is 5.32 Å². The Balaban J connectivity index is 1.59. The molecule has 0 aromatic heterocycles. The van der Waals surface area contributed by atoms with E-state index in [1.165, 1.54) is 56.2 Å². The Labute approximate surface area is 138 Å². The van der Waals surface area contributed by atoms with Crippen molar-refractivity contribution in [2.75, 3.05) is 19.4 Å². The minimum Gasteiger partial charge on any atom is -0.326 e. The van der Waals surface area contributed by atoms with Gasteiger partial charge in [0.15, 0.2) is 0 Å². The average Bonchev–Trinajstić information content (AvgIpc) is 3.10. The van der Waals surface area contributed by atoms with Gasteiger partial charge in [-0.05, 0) is 61.3 Å². The van der Waals surface area contributed by atoms with Crippen molar-refractivity contribution in [2.24, 2.45) is 17.8 Å². The van der Waals surface area contributed by atoms with Gasteiger partial charge in [-0.15, -0.1) is 0 Å². The van der Waals surface area contributed by atoms with Crippen molar-refractivity contribution in [3.8, 4) is 0 Å². The fourth-order valence-corrected chi connectivity index (χ4v) is 4.90. The highest BCUT2D eigenvalue weighted by molar-refractivity contribution is 7.89. The lowest BCUT2D eigenvalue weighted by Gasteiger charge is -2.21. The summed E-state index contributed by atoms with van der Waals surface area (Å²) in [6, 6.07) is 6.36. The molecule has 2 aliphatic carbocycles. The van der Waals surface area contributed by atoms with E-state index in [4.69, 9.17) is 0 Å². The maximum Gasteiger partial charge on any atom is 0.242 e. The Bertz CT molecular complexity index is 682. The summed E-state index contributed by atoms with van der Waals surface area (Å²) in [5.74, 6) is 2.14. The molecule has 3 atom stereocenters. The van der Waals surface area contributed by atoms with Crippen LogP contribution in [0.25, 0.3) is 0 Å². The molecule has 6 heteroatoms. The predicted octanol–water partition coefficient (Wildman–Crippen LogP) is 2.70. The molecule has 0 spiro atoms. The van der Waals surface area contributed by atoms with Crippen molar-refractivity contribution in [3.05, 3.63) is 24.3 Å². The molecule has 3 unspecified atom stereocenters. The van der Waals surface area contributed by atoms with E-state index >= 15 is 0 Å². The summed E-state index contributed by atoms with van der Waals surface area (Å²) in [6.07, 6.45) is 5.69. The first-order valence-corrected chi connectivity index (χ1v) is 9.62. The number of hydrogen-bond acceptors (Lipinski definition) is 3. The summed E-state index contributed by atoms with van der Waals surface area (Å²) in [6.45, 7) is 0. The van der Waals surface area contributed by atoms with Crippen LogP contribution in [0.15, 0.2) is 29.2 Å². The Kier molecular flexibility index (Phi) is 4.47. The first kappa shape index (κ1) is 16.5. The van der Waals surface area contributed by atoms with Crippen molar-refractivity contribution in [1.29, 1.82) is 0 Å². The molecular weight excluding hydrogens is 312 g/mol. The maximum absolute atomic E-state index is 12.2. The lowest BCUT2D eigenvalue weighted by atomic mass is 9.86. The number of fused-ring (bicyclic) bond motifs is 2. The van der Waals surface area contributed by atoms with Gasteiger partial charge in [0.1, 0.15) is 0 Å². The molecule has 0 radical (unpaired) electrons. The molecule has 0 heterocycles. The number of sulfonamides is 1. The standard InChI is InChI=1S/C17H24N2O3S/c1-19(2)23(21,22)16-7-5-15(6-8-16)18-17(20)11-14-10-12-3-4-13(14)9-12/h5-8,12-14H,3-4,9-11H2,1-2H3,(H,18,20). The van der Waals surface area contributed by atoms with E-state index in [0.717, 1.165) is 11.8 Å². The molecule has 2 saturated carbocycles. The van der Waals surface area contributed by atoms with Gasteiger partial charge in [-0.1, -0.05) is 6.42 Å². The monoisotopic (exact) mass is 336 g/mol. The zero-order valence-electron chi connectivity index (χ0n) is 13.7. The first-order valence-electron chi connectivity index (χ1n) is 8.18. The highest BCUT2D eigenvalue weighted by Gasteiger charge is 2.40. The van der Waals surface area contributed by atoms with Crippen molar-refractivity contribution in [1.82, 2.24) is 4.31 Å². The second-order valence-electron chi connectivity index (χ2n) is 7.00. The Hall–Kier alpha value is -1.40. The molecular formula is C17H24N2O3S. The number of carbonyl (C=O) groups excluding carboxylic acids is 1. The average molecular weight is 336 g/mol.